The number of nitrogens with one attached hydrogen (secondary N) is 1. The average molecular weight is 1140 g/mol. The fourth-order valence-corrected chi connectivity index (χ4v) is 11.9. The van der Waals surface area contributed by atoms with Crippen LogP contribution in [0.1, 0.15) is 418 Å². The third kappa shape index (κ3) is 67.3. The summed E-state index contributed by atoms with van der Waals surface area (Å²) in [4.78, 5) is 24.6. The van der Waals surface area contributed by atoms with Gasteiger partial charge in [-0.15, -0.1) is 0 Å². The molecular formula is C75H145NO5. The largest absolute Gasteiger partial charge is 0.466 e. The van der Waals surface area contributed by atoms with Gasteiger partial charge in [-0.1, -0.05) is 372 Å². The summed E-state index contributed by atoms with van der Waals surface area (Å²) < 4.78 is 5.49. The molecule has 0 aromatic rings. The highest BCUT2D eigenvalue weighted by molar-refractivity contribution is 5.76. The number of carbonyl (C=O) groups is 2. The normalized spacial score (nSPS) is 12.6. The van der Waals surface area contributed by atoms with Crippen molar-refractivity contribution in [3.8, 4) is 0 Å². The van der Waals surface area contributed by atoms with E-state index in [1.54, 1.807) is 0 Å². The molecular weight excluding hydrogens is 995 g/mol. The molecule has 0 saturated heterocycles. The molecule has 2 unspecified atom stereocenters. The van der Waals surface area contributed by atoms with E-state index in [-0.39, 0.29) is 18.5 Å². The Labute approximate surface area is 507 Å². The second-order valence-electron chi connectivity index (χ2n) is 25.6. The Bertz CT molecular complexity index is 1270. The van der Waals surface area contributed by atoms with Gasteiger partial charge in [-0.05, 0) is 57.8 Å². The molecule has 0 fully saturated rings. The van der Waals surface area contributed by atoms with Gasteiger partial charge in [-0.2, -0.15) is 0 Å². The first-order valence-corrected chi connectivity index (χ1v) is 37.1. The molecule has 0 rings (SSSR count). The molecule has 0 aromatic heterocycles. The predicted molar refractivity (Wildman–Crippen MR) is 356 cm³/mol. The van der Waals surface area contributed by atoms with Crippen molar-refractivity contribution in [3.63, 3.8) is 0 Å². The number of ether oxygens (including phenoxy) is 1. The van der Waals surface area contributed by atoms with Gasteiger partial charge in [-0.25, -0.2) is 0 Å². The van der Waals surface area contributed by atoms with Crippen molar-refractivity contribution in [1.82, 2.24) is 5.32 Å². The van der Waals surface area contributed by atoms with Crippen molar-refractivity contribution in [2.45, 2.75) is 431 Å². The smallest absolute Gasteiger partial charge is 0.305 e. The zero-order valence-corrected chi connectivity index (χ0v) is 55.0. The summed E-state index contributed by atoms with van der Waals surface area (Å²) >= 11 is 0. The van der Waals surface area contributed by atoms with Gasteiger partial charge in [0.15, 0.2) is 0 Å². The van der Waals surface area contributed by atoms with Crippen molar-refractivity contribution >= 4 is 11.9 Å². The lowest BCUT2D eigenvalue weighted by molar-refractivity contribution is -0.143. The number of esters is 1. The molecule has 0 aliphatic heterocycles. The topological polar surface area (TPSA) is 95.9 Å². The number of unbranched alkanes of at least 4 members (excludes halogenated alkanes) is 55. The van der Waals surface area contributed by atoms with Gasteiger partial charge in [0.2, 0.25) is 5.91 Å². The van der Waals surface area contributed by atoms with Crippen LogP contribution in [-0.2, 0) is 14.3 Å². The van der Waals surface area contributed by atoms with Crippen molar-refractivity contribution in [2.75, 3.05) is 13.2 Å². The van der Waals surface area contributed by atoms with Crippen LogP contribution in [0.4, 0.5) is 0 Å². The van der Waals surface area contributed by atoms with Crippen molar-refractivity contribution < 1.29 is 24.5 Å². The van der Waals surface area contributed by atoms with Gasteiger partial charge >= 0.3 is 5.97 Å². The molecule has 0 aliphatic rings. The Hall–Kier alpha value is -1.66. The Morgan fingerprint density at radius 2 is 0.617 bits per heavy atom. The Kier molecular flexibility index (Phi) is 69.4. The van der Waals surface area contributed by atoms with E-state index in [1.807, 2.05) is 0 Å². The average Bonchev–Trinajstić information content (AvgIpc) is 3.47. The van der Waals surface area contributed by atoms with Crippen LogP contribution in [0.3, 0.4) is 0 Å². The summed E-state index contributed by atoms with van der Waals surface area (Å²) in [6.07, 6.45) is 89.6. The maximum Gasteiger partial charge on any atom is 0.305 e. The lowest BCUT2D eigenvalue weighted by Gasteiger charge is -2.22. The molecule has 0 heterocycles. The first-order valence-electron chi connectivity index (χ1n) is 37.1. The van der Waals surface area contributed by atoms with Crippen molar-refractivity contribution in [2.24, 2.45) is 0 Å². The summed E-state index contributed by atoms with van der Waals surface area (Å²) in [6.45, 7) is 4.99. The van der Waals surface area contributed by atoms with Crippen LogP contribution in [-0.4, -0.2) is 47.4 Å². The van der Waals surface area contributed by atoms with Crippen molar-refractivity contribution in [1.29, 1.82) is 0 Å². The molecule has 0 aliphatic carbocycles. The zero-order valence-electron chi connectivity index (χ0n) is 55.0. The van der Waals surface area contributed by atoms with Crippen LogP contribution in [0.5, 0.6) is 0 Å². The first kappa shape index (κ1) is 79.3. The molecule has 0 spiro atoms. The van der Waals surface area contributed by atoms with E-state index in [0.717, 1.165) is 44.9 Å². The third-order valence-corrected chi connectivity index (χ3v) is 17.5. The van der Waals surface area contributed by atoms with Gasteiger partial charge < -0.3 is 20.3 Å². The van der Waals surface area contributed by atoms with Crippen LogP contribution in [0.2, 0.25) is 0 Å². The molecule has 2 atom stereocenters. The summed E-state index contributed by atoms with van der Waals surface area (Å²) in [6, 6.07) is -0.540. The second kappa shape index (κ2) is 70.8. The van der Waals surface area contributed by atoms with E-state index >= 15 is 0 Å². The highest BCUT2D eigenvalue weighted by Crippen LogP contribution is 2.19. The van der Waals surface area contributed by atoms with E-state index in [9.17, 15) is 19.8 Å². The fraction of sp³-hybridized carbons (Fsp3) is 0.920. The molecule has 81 heavy (non-hydrogen) atoms. The predicted octanol–water partition coefficient (Wildman–Crippen LogP) is 24.1. The van der Waals surface area contributed by atoms with Gasteiger partial charge in [0, 0.05) is 12.8 Å². The molecule has 0 radical (unpaired) electrons. The van der Waals surface area contributed by atoms with Gasteiger partial charge in [0.05, 0.1) is 25.4 Å². The Morgan fingerprint density at radius 3 is 0.938 bits per heavy atom. The van der Waals surface area contributed by atoms with E-state index < -0.39 is 12.1 Å². The molecule has 3 N–H and O–H groups in total. The molecule has 0 saturated carbocycles. The van der Waals surface area contributed by atoms with E-state index in [2.05, 4.69) is 43.5 Å². The minimum Gasteiger partial charge on any atom is -0.466 e. The number of rotatable bonds is 70. The number of amides is 1. The fourth-order valence-electron chi connectivity index (χ4n) is 11.9. The molecule has 480 valence electrons. The summed E-state index contributed by atoms with van der Waals surface area (Å²) in [5.74, 6) is -0.0124. The highest BCUT2D eigenvalue weighted by atomic mass is 16.5. The summed E-state index contributed by atoms with van der Waals surface area (Å²) in [5, 5.41) is 23.4. The van der Waals surface area contributed by atoms with Crippen LogP contribution < -0.4 is 5.32 Å². The number of aliphatic hydroxyl groups is 2. The van der Waals surface area contributed by atoms with E-state index in [4.69, 9.17) is 4.74 Å². The van der Waals surface area contributed by atoms with Crippen LogP contribution in [0, 0.1) is 0 Å². The lowest BCUT2D eigenvalue weighted by atomic mass is 10.0. The minimum absolute atomic E-state index is 0.0165. The maximum atomic E-state index is 12.5. The number of carbonyl (C=O) groups excluding carboxylic acids is 2. The monoisotopic (exact) mass is 1140 g/mol. The number of aliphatic hydroxyl groups excluding tert-OH is 2. The van der Waals surface area contributed by atoms with Crippen LogP contribution in [0.15, 0.2) is 24.3 Å². The van der Waals surface area contributed by atoms with Gasteiger partial charge in [0.25, 0.3) is 0 Å². The molecule has 6 nitrogen and oxygen atoms in total. The van der Waals surface area contributed by atoms with Crippen LogP contribution in [0.25, 0.3) is 0 Å². The van der Waals surface area contributed by atoms with E-state index in [1.165, 1.54) is 340 Å². The number of allylic oxidation sites excluding steroid dienone is 4. The molecule has 6 heteroatoms. The SMILES string of the molecule is CCCCCCCCCCCCCCCCCCCCC(O)C(CO)NC(=O)CCCCCCCCCCCCCCCCCCC/C=C\C/C=C\CCCCCCCCCCCOC(=O)CCCCCCCCCCCCCCC. The quantitative estimate of drug-likeness (QED) is 0.0320. The van der Waals surface area contributed by atoms with Crippen LogP contribution >= 0.6 is 0 Å². The van der Waals surface area contributed by atoms with Gasteiger partial charge in [-0.3, -0.25) is 9.59 Å². The minimum atomic E-state index is -0.663. The van der Waals surface area contributed by atoms with E-state index in [0.29, 0.717) is 25.9 Å². The second-order valence-corrected chi connectivity index (χ2v) is 25.6. The lowest BCUT2D eigenvalue weighted by Crippen LogP contribution is -2.45. The zero-order chi connectivity index (χ0) is 58.5. The summed E-state index contributed by atoms with van der Waals surface area (Å²) in [5.41, 5.74) is 0. The molecule has 0 aromatic carbocycles. The molecule has 1 amide bonds. The number of hydrogen-bond donors (Lipinski definition) is 3. The standard InChI is InChI=1S/C75H145NO5/c1-3-5-7-9-11-13-15-17-18-19-37-40-44-47-51-55-59-63-67-73(78)72(71-77)76-74(79)68-64-60-56-52-48-45-41-38-35-33-31-29-27-25-23-21-20-22-24-26-28-30-32-34-36-39-42-46-50-54-58-62-66-70-81-75(80)69-65-61-57-53-49-43-16-14-12-10-8-6-4-2/h24,26,30,32,72-73,77-78H,3-23,25,27-29,31,33-71H2,1-2H3,(H,76,79)/b26-24-,32-30-. The highest BCUT2D eigenvalue weighted by Gasteiger charge is 2.20. The Morgan fingerprint density at radius 1 is 0.346 bits per heavy atom. The van der Waals surface area contributed by atoms with Crippen molar-refractivity contribution in [3.05, 3.63) is 24.3 Å². The molecule has 0 bridgehead atoms. The maximum absolute atomic E-state index is 12.5. The van der Waals surface area contributed by atoms with Gasteiger partial charge in [0.1, 0.15) is 0 Å². The summed E-state index contributed by atoms with van der Waals surface area (Å²) in [7, 11) is 0. The third-order valence-electron chi connectivity index (χ3n) is 17.5. The first-order chi connectivity index (χ1) is 40.0. The Balaban J connectivity index is 3.37. The number of hydrogen-bond acceptors (Lipinski definition) is 5.